The fourth-order valence-corrected chi connectivity index (χ4v) is 4.18. The Morgan fingerprint density at radius 2 is 1.65 bits per heavy atom. The molecule has 128 valence electrons. The normalized spacial score (nSPS) is 29.1. The van der Waals surface area contributed by atoms with Crippen LogP contribution >= 0.6 is 0 Å². The van der Waals surface area contributed by atoms with Crippen molar-refractivity contribution in [3.8, 4) is 0 Å². The molecule has 4 rings (SSSR count). The lowest BCUT2D eigenvalue weighted by Gasteiger charge is -2.55. The summed E-state index contributed by atoms with van der Waals surface area (Å²) in [7, 11) is 1.99. The van der Waals surface area contributed by atoms with Crippen molar-refractivity contribution >= 4 is 5.91 Å². The van der Waals surface area contributed by atoms with Crippen LogP contribution in [-0.2, 0) is 17.9 Å². The maximum Gasteiger partial charge on any atom is 0.272 e. The van der Waals surface area contributed by atoms with E-state index in [0.29, 0.717) is 6.54 Å². The Labute approximate surface area is 145 Å². The van der Waals surface area contributed by atoms with Crippen molar-refractivity contribution in [2.45, 2.75) is 13.1 Å². The largest absolute Gasteiger partial charge is 1.00 e. The van der Waals surface area contributed by atoms with Gasteiger partial charge in [-0.3, -0.25) is 4.79 Å². The number of amides is 1. The number of quaternary nitrogens is 2. The lowest BCUT2D eigenvalue weighted by molar-refractivity contribution is -1.08. The van der Waals surface area contributed by atoms with E-state index in [4.69, 9.17) is 5.73 Å². The summed E-state index contributed by atoms with van der Waals surface area (Å²) in [6, 6.07) is 8.93. The van der Waals surface area contributed by atoms with Crippen molar-refractivity contribution in [3.05, 3.63) is 35.4 Å². The Hall–Kier alpha value is -1.14. The van der Waals surface area contributed by atoms with E-state index in [2.05, 4.69) is 29.6 Å². The summed E-state index contributed by atoms with van der Waals surface area (Å²) in [5, 5.41) is 3.22. The highest BCUT2D eigenvalue weighted by atomic mass is 35.5. The summed E-state index contributed by atoms with van der Waals surface area (Å²) in [5.74, 6) is -0.151. The number of nitrogens with one attached hydrogen (secondary N) is 1. The van der Waals surface area contributed by atoms with E-state index in [9.17, 15) is 4.79 Å². The number of primary amides is 1. The molecule has 3 N–H and O–H groups in total. The van der Waals surface area contributed by atoms with E-state index in [-0.39, 0.29) is 18.3 Å². The van der Waals surface area contributed by atoms with E-state index in [1.54, 1.807) is 0 Å². The van der Waals surface area contributed by atoms with Crippen LogP contribution in [0.2, 0.25) is 0 Å². The number of nitrogens with zero attached hydrogens (tertiary/aromatic N) is 2. The third kappa shape index (κ3) is 4.04. The number of nitrogens with two attached hydrogens (primary N) is 1. The minimum absolute atomic E-state index is 0. The summed E-state index contributed by atoms with van der Waals surface area (Å²) < 4.78 is 2.11. The number of benzene rings is 1. The molecule has 6 heteroatoms. The van der Waals surface area contributed by atoms with E-state index in [1.165, 1.54) is 35.2 Å². The second kappa shape index (κ2) is 7.18. The van der Waals surface area contributed by atoms with Crippen LogP contribution in [0.25, 0.3) is 0 Å². The zero-order valence-electron chi connectivity index (χ0n) is 13.9. The summed E-state index contributed by atoms with van der Waals surface area (Å²) >= 11 is 0. The van der Waals surface area contributed by atoms with Crippen molar-refractivity contribution in [2.75, 3.05) is 52.9 Å². The maximum atomic E-state index is 11.3. The molecule has 1 amide bonds. The lowest BCUT2D eigenvalue weighted by atomic mass is 10.0. The number of carbonyl (C=O) groups excluding carboxylic acids is 1. The molecule has 3 aliphatic heterocycles. The van der Waals surface area contributed by atoms with Gasteiger partial charge < -0.3 is 32.4 Å². The Bertz CT molecular complexity index is 539. The third-order valence-electron chi connectivity index (χ3n) is 5.53. The second-order valence-electron chi connectivity index (χ2n) is 7.16. The van der Waals surface area contributed by atoms with Crippen LogP contribution in [0.3, 0.4) is 0 Å². The SMILES string of the molecule is CNCc1cccc(C[N+]23CC[N+](CC(N)=O)(CC2)CC3)c1.[Cl-]. The van der Waals surface area contributed by atoms with Crippen molar-refractivity contribution in [3.63, 3.8) is 0 Å². The van der Waals surface area contributed by atoms with Gasteiger partial charge in [0.05, 0.1) is 0 Å². The average Bonchev–Trinajstić information content (AvgIpc) is 2.49. The summed E-state index contributed by atoms with van der Waals surface area (Å²) in [6.45, 7) is 9.37. The molecule has 0 spiro atoms. The molecule has 0 aliphatic carbocycles. The molecular weight excluding hydrogens is 312 g/mol. The summed E-state index contributed by atoms with van der Waals surface area (Å²) in [5.41, 5.74) is 8.23. The molecule has 0 saturated carbocycles. The van der Waals surface area contributed by atoms with Crippen LogP contribution in [-0.4, -0.2) is 67.7 Å². The van der Waals surface area contributed by atoms with Crippen molar-refractivity contribution < 1.29 is 26.2 Å². The molecule has 0 radical (unpaired) electrons. The summed E-state index contributed by atoms with van der Waals surface area (Å²) in [4.78, 5) is 11.3. The first kappa shape index (κ1) is 18.2. The number of piperazine rings is 3. The average molecular weight is 340 g/mol. The zero-order valence-corrected chi connectivity index (χ0v) is 14.7. The first-order valence-corrected chi connectivity index (χ1v) is 8.26. The van der Waals surface area contributed by atoms with Crippen molar-refractivity contribution in [1.82, 2.24) is 5.32 Å². The first-order valence-electron chi connectivity index (χ1n) is 8.26. The van der Waals surface area contributed by atoms with Gasteiger partial charge in [-0.2, -0.15) is 0 Å². The number of hydrogen-bond acceptors (Lipinski definition) is 2. The molecule has 3 aliphatic rings. The van der Waals surface area contributed by atoms with Gasteiger partial charge in [-0.15, -0.1) is 0 Å². The minimum Gasteiger partial charge on any atom is -1.00 e. The van der Waals surface area contributed by atoms with Gasteiger partial charge in [-0.25, -0.2) is 0 Å². The predicted octanol–water partition coefficient (Wildman–Crippen LogP) is -2.94. The highest BCUT2D eigenvalue weighted by Gasteiger charge is 2.49. The van der Waals surface area contributed by atoms with Crippen LogP contribution < -0.4 is 23.5 Å². The number of rotatable bonds is 6. The van der Waals surface area contributed by atoms with Crippen LogP contribution in [0.4, 0.5) is 0 Å². The van der Waals surface area contributed by atoms with Crippen molar-refractivity contribution in [2.24, 2.45) is 5.73 Å². The third-order valence-corrected chi connectivity index (χ3v) is 5.53. The fourth-order valence-electron chi connectivity index (χ4n) is 4.18. The fraction of sp³-hybridized carbons (Fsp3) is 0.588. The summed E-state index contributed by atoms with van der Waals surface area (Å²) in [6.07, 6.45) is 0. The van der Waals surface area contributed by atoms with Crippen LogP contribution in [0.1, 0.15) is 11.1 Å². The highest BCUT2D eigenvalue weighted by molar-refractivity contribution is 5.74. The second-order valence-corrected chi connectivity index (χ2v) is 7.16. The number of fused-ring (bicyclic) bond motifs is 3. The monoisotopic (exact) mass is 339 g/mol. The minimum atomic E-state index is -0.151. The van der Waals surface area contributed by atoms with E-state index in [0.717, 1.165) is 37.2 Å². The molecule has 2 bridgehead atoms. The molecule has 0 aromatic heterocycles. The lowest BCUT2D eigenvalue weighted by Crippen LogP contribution is -3.00. The number of carbonyl (C=O) groups is 1. The predicted molar refractivity (Wildman–Crippen MR) is 86.7 cm³/mol. The van der Waals surface area contributed by atoms with Crippen LogP contribution in [0.15, 0.2) is 24.3 Å². The molecule has 0 atom stereocenters. The van der Waals surface area contributed by atoms with Crippen LogP contribution in [0, 0.1) is 0 Å². The smallest absolute Gasteiger partial charge is 0.272 e. The van der Waals surface area contributed by atoms with E-state index < -0.39 is 0 Å². The molecule has 3 fully saturated rings. The Morgan fingerprint density at radius 3 is 2.22 bits per heavy atom. The van der Waals surface area contributed by atoms with Gasteiger partial charge in [0, 0.05) is 12.1 Å². The number of hydrogen-bond donors (Lipinski definition) is 2. The molecule has 0 unspecified atom stereocenters. The topological polar surface area (TPSA) is 55.1 Å². The van der Waals surface area contributed by atoms with Gasteiger partial charge in [0.15, 0.2) is 6.54 Å². The van der Waals surface area contributed by atoms with Gasteiger partial charge >= 0.3 is 0 Å². The number of halogens is 1. The Morgan fingerprint density at radius 1 is 1.09 bits per heavy atom. The van der Waals surface area contributed by atoms with Crippen LogP contribution in [0.5, 0.6) is 0 Å². The molecule has 1 aromatic carbocycles. The van der Waals surface area contributed by atoms with E-state index in [1.807, 2.05) is 7.05 Å². The molecule has 5 nitrogen and oxygen atoms in total. The molecule has 23 heavy (non-hydrogen) atoms. The zero-order chi connectivity index (χ0) is 15.6. The molecule has 3 saturated heterocycles. The van der Waals surface area contributed by atoms with Gasteiger partial charge in [-0.1, -0.05) is 18.2 Å². The highest BCUT2D eigenvalue weighted by Crippen LogP contribution is 2.28. The first-order chi connectivity index (χ1) is 10.5. The Balaban J connectivity index is 0.00000192. The molecule has 3 heterocycles. The Kier molecular flexibility index (Phi) is 5.68. The van der Waals surface area contributed by atoms with Crippen molar-refractivity contribution in [1.29, 1.82) is 0 Å². The van der Waals surface area contributed by atoms with Gasteiger partial charge in [0.1, 0.15) is 45.8 Å². The van der Waals surface area contributed by atoms with E-state index >= 15 is 0 Å². The maximum absolute atomic E-state index is 11.3. The van der Waals surface area contributed by atoms with Gasteiger partial charge in [0.25, 0.3) is 5.91 Å². The molecular formula is C17H28ClN4O+. The van der Waals surface area contributed by atoms with Gasteiger partial charge in [-0.05, 0) is 18.7 Å². The quantitative estimate of drug-likeness (QED) is 0.545. The standard InChI is InChI=1S/C17H27N4O.ClH/c1-19-12-15-3-2-4-16(11-15)13-20-5-8-21(9-6-20,10-7-20)14-17(18)22;/h2-4,11,19H,5-10,12-14H2,1H3,(H-,18,22);1H/q+1;. The molecule has 1 aromatic rings. The van der Waals surface area contributed by atoms with Gasteiger partial charge in [0.2, 0.25) is 0 Å².